The number of alkyl halides is 3. The quantitative estimate of drug-likeness (QED) is 0.879. The number of rotatable bonds is 4. The lowest BCUT2D eigenvalue weighted by molar-refractivity contribution is -0.145. The van der Waals surface area contributed by atoms with E-state index in [-0.39, 0.29) is 24.5 Å². The average Bonchev–Trinajstić information content (AvgIpc) is 2.81. The van der Waals surface area contributed by atoms with Gasteiger partial charge in [0.2, 0.25) is 0 Å². The van der Waals surface area contributed by atoms with Gasteiger partial charge >= 0.3 is 12.1 Å². The zero-order chi connectivity index (χ0) is 15.5. The third-order valence-corrected chi connectivity index (χ3v) is 2.61. The van der Waals surface area contributed by atoms with Crippen LogP contribution in [0.2, 0.25) is 0 Å². The minimum Gasteiger partial charge on any atom is -0.459 e. The van der Waals surface area contributed by atoms with Gasteiger partial charge in [0.25, 0.3) is 0 Å². The predicted molar refractivity (Wildman–Crippen MR) is 67.9 cm³/mol. The van der Waals surface area contributed by atoms with Gasteiger partial charge in [-0.15, -0.1) is 0 Å². The first-order valence-corrected chi connectivity index (χ1v) is 5.95. The minimum absolute atomic E-state index is 0.157. The van der Waals surface area contributed by atoms with Crippen molar-refractivity contribution in [1.82, 2.24) is 9.78 Å². The lowest BCUT2D eigenvalue weighted by atomic mass is 10.1. The molecule has 2 N–H and O–H groups in total. The zero-order valence-corrected chi connectivity index (χ0v) is 10.8. The van der Waals surface area contributed by atoms with E-state index in [9.17, 15) is 18.0 Å². The molecule has 2 aromatic rings. The number of nitrogens with zero attached hydrogens (tertiary/aromatic N) is 2. The number of hydrogen-bond donors (Lipinski definition) is 1. The number of carbonyl (C=O) groups excluding carboxylic acids is 1. The van der Waals surface area contributed by atoms with Gasteiger partial charge in [-0.25, -0.2) is 0 Å². The van der Waals surface area contributed by atoms with Gasteiger partial charge in [-0.05, 0) is 23.8 Å². The fraction of sp³-hybridized carbons (Fsp3) is 0.231. The van der Waals surface area contributed by atoms with E-state index < -0.39 is 17.7 Å². The summed E-state index contributed by atoms with van der Waals surface area (Å²) in [5.41, 5.74) is 4.87. The molecule has 0 aliphatic carbocycles. The highest BCUT2D eigenvalue weighted by molar-refractivity contribution is 5.69. The van der Waals surface area contributed by atoms with Gasteiger partial charge in [-0.3, -0.25) is 9.48 Å². The molecule has 0 atom stereocenters. The first-order chi connectivity index (χ1) is 9.84. The first kappa shape index (κ1) is 14.9. The van der Waals surface area contributed by atoms with Crippen LogP contribution in [0.25, 0.3) is 0 Å². The molecule has 0 radical (unpaired) electrons. The van der Waals surface area contributed by atoms with Crippen molar-refractivity contribution < 1.29 is 22.7 Å². The van der Waals surface area contributed by atoms with Gasteiger partial charge < -0.3 is 10.5 Å². The van der Waals surface area contributed by atoms with Crippen LogP contribution in [-0.2, 0) is 28.9 Å². The van der Waals surface area contributed by atoms with Crippen LogP contribution in [-0.4, -0.2) is 15.7 Å². The van der Waals surface area contributed by atoms with E-state index in [1.165, 1.54) is 29.1 Å². The summed E-state index contributed by atoms with van der Waals surface area (Å²) >= 11 is 0. The molecule has 0 spiro atoms. The van der Waals surface area contributed by atoms with Gasteiger partial charge in [0.1, 0.15) is 19.0 Å². The number of hydrogen-bond acceptors (Lipinski definition) is 4. The Kier molecular flexibility index (Phi) is 4.15. The Morgan fingerprint density at radius 1 is 1.33 bits per heavy atom. The summed E-state index contributed by atoms with van der Waals surface area (Å²) in [4.78, 5) is 11.5. The monoisotopic (exact) mass is 299 g/mol. The SMILES string of the molecule is Nc1ccn(CC(=O)OCc2cccc(C(F)(F)F)c2)n1. The Hall–Kier alpha value is -2.51. The lowest BCUT2D eigenvalue weighted by Crippen LogP contribution is -2.14. The summed E-state index contributed by atoms with van der Waals surface area (Å²) < 4.78 is 43.8. The molecule has 0 aliphatic rings. The lowest BCUT2D eigenvalue weighted by Gasteiger charge is -2.09. The molecular formula is C13H12F3N3O2. The number of anilines is 1. The maximum Gasteiger partial charge on any atom is 0.416 e. The number of nitrogen functional groups attached to an aromatic ring is 1. The van der Waals surface area contributed by atoms with E-state index in [0.717, 1.165) is 12.1 Å². The largest absolute Gasteiger partial charge is 0.459 e. The van der Waals surface area contributed by atoms with Crippen molar-refractivity contribution in [3.05, 3.63) is 47.7 Å². The summed E-state index contributed by atoms with van der Waals surface area (Å²) in [6, 6.07) is 6.13. The molecule has 0 aliphatic heterocycles. The van der Waals surface area contributed by atoms with Crippen LogP contribution in [0.5, 0.6) is 0 Å². The topological polar surface area (TPSA) is 70.1 Å². The van der Waals surface area contributed by atoms with Crippen LogP contribution in [0.4, 0.5) is 19.0 Å². The number of nitrogens with two attached hydrogens (primary N) is 1. The summed E-state index contributed by atoms with van der Waals surface area (Å²) in [6.45, 7) is -0.393. The Labute approximate surface area is 118 Å². The highest BCUT2D eigenvalue weighted by Crippen LogP contribution is 2.29. The van der Waals surface area contributed by atoms with E-state index in [2.05, 4.69) is 5.10 Å². The van der Waals surface area contributed by atoms with E-state index in [1.54, 1.807) is 0 Å². The van der Waals surface area contributed by atoms with Gasteiger partial charge in [-0.2, -0.15) is 18.3 Å². The molecule has 1 aromatic heterocycles. The van der Waals surface area contributed by atoms with Crippen molar-refractivity contribution in [2.45, 2.75) is 19.3 Å². The second-order valence-corrected chi connectivity index (χ2v) is 4.30. The molecule has 1 aromatic carbocycles. The van der Waals surface area contributed by atoms with Crippen LogP contribution >= 0.6 is 0 Å². The van der Waals surface area contributed by atoms with Crippen LogP contribution in [0.3, 0.4) is 0 Å². The molecule has 0 saturated carbocycles. The third-order valence-electron chi connectivity index (χ3n) is 2.61. The van der Waals surface area contributed by atoms with E-state index in [0.29, 0.717) is 0 Å². The van der Waals surface area contributed by atoms with Gasteiger partial charge in [0.15, 0.2) is 0 Å². The second kappa shape index (κ2) is 5.86. The standard InChI is InChI=1S/C13H12F3N3O2/c14-13(15,16)10-3-1-2-9(6-10)8-21-12(20)7-19-5-4-11(17)18-19/h1-6H,7-8H2,(H2,17,18). The fourth-order valence-electron chi connectivity index (χ4n) is 1.64. The Bertz CT molecular complexity index is 638. The van der Waals surface area contributed by atoms with Crippen molar-refractivity contribution in [3.63, 3.8) is 0 Å². The third kappa shape index (κ3) is 4.23. The number of aromatic nitrogens is 2. The van der Waals surface area contributed by atoms with Crippen molar-refractivity contribution in [3.8, 4) is 0 Å². The Morgan fingerprint density at radius 2 is 2.10 bits per heavy atom. The fourth-order valence-corrected chi connectivity index (χ4v) is 1.64. The molecule has 2 rings (SSSR count). The molecule has 0 bridgehead atoms. The van der Waals surface area contributed by atoms with Crippen LogP contribution in [0, 0.1) is 0 Å². The maximum absolute atomic E-state index is 12.5. The van der Waals surface area contributed by atoms with Gasteiger partial charge in [-0.1, -0.05) is 12.1 Å². The van der Waals surface area contributed by atoms with E-state index in [1.807, 2.05) is 0 Å². The summed E-state index contributed by atoms with van der Waals surface area (Å²) in [5.74, 6) is -0.351. The molecule has 0 fully saturated rings. The number of benzene rings is 1. The number of carbonyl (C=O) groups is 1. The number of ether oxygens (including phenoxy) is 1. The van der Waals surface area contributed by atoms with Crippen molar-refractivity contribution in [1.29, 1.82) is 0 Å². The minimum atomic E-state index is -4.42. The molecule has 5 nitrogen and oxygen atoms in total. The smallest absolute Gasteiger partial charge is 0.416 e. The summed E-state index contributed by atoms with van der Waals surface area (Å²) in [6.07, 6.45) is -2.92. The van der Waals surface area contributed by atoms with E-state index in [4.69, 9.17) is 10.5 Å². The Balaban J connectivity index is 1.92. The Morgan fingerprint density at radius 3 is 2.71 bits per heavy atom. The van der Waals surface area contributed by atoms with Crippen LogP contribution < -0.4 is 5.73 Å². The van der Waals surface area contributed by atoms with E-state index >= 15 is 0 Å². The summed E-state index contributed by atoms with van der Waals surface area (Å²) in [5, 5.41) is 3.80. The first-order valence-electron chi connectivity index (χ1n) is 5.95. The normalized spacial score (nSPS) is 11.4. The highest BCUT2D eigenvalue weighted by Gasteiger charge is 2.30. The number of halogens is 3. The van der Waals surface area contributed by atoms with Crippen molar-refractivity contribution in [2.24, 2.45) is 0 Å². The molecule has 0 saturated heterocycles. The highest BCUT2D eigenvalue weighted by atomic mass is 19.4. The maximum atomic E-state index is 12.5. The van der Waals surface area contributed by atoms with Gasteiger partial charge in [0, 0.05) is 6.20 Å². The molecular weight excluding hydrogens is 287 g/mol. The zero-order valence-electron chi connectivity index (χ0n) is 10.8. The molecule has 0 unspecified atom stereocenters. The van der Waals surface area contributed by atoms with Gasteiger partial charge in [0.05, 0.1) is 5.56 Å². The molecule has 8 heteroatoms. The average molecular weight is 299 g/mol. The molecule has 112 valence electrons. The molecule has 1 heterocycles. The molecule has 21 heavy (non-hydrogen) atoms. The van der Waals surface area contributed by atoms with Crippen LogP contribution in [0.1, 0.15) is 11.1 Å². The predicted octanol–water partition coefficient (Wildman–Crippen LogP) is 2.23. The van der Waals surface area contributed by atoms with Crippen molar-refractivity contribution in [2.75, 3.05) is 5.73 Å². The second-order valence-electron chi connectivity index (χ2n) is 4.30. The summed E-state index contributed by atoms with van der Waals surface area (Å²) in [7, 11) is 0. The van der Waals surface area contributed by atoms with Crippen molar-refractivity contribution >= 4 is 11.8 Å². The molecule has 0 amide bonds. The number of esters is 1. The van der Waals surface area contributed by atoms with Crippen LogP contribution in [0.15, 0.2) is 36.5 Å².